The number of hydrogen-bond donors (Lipinski definition) is 1. The second-order valence-corrected chi connectivity index (χ2v) is 4.24. The van der Waals surface area contributed by atoms with Crippen molar-refractivity contribution in [2.75, 3.05) is 13.7 Å². The van der Waals surface area contributed by atoms with E-state index in [4.69, 9.17) is 19.6 Å². The Morgan fingerprint density at radius 1 is 1.26 bits per heavy atom. The summed E-state index contributed by atoms with van der Waals surface area (Å²) in [6, 6.07) is 9.43. The molecular formula is C15H19NO3. The van der Waals surface area contributed by atoms with Gasteiger partial charge in [-0.25, -0.2) is 0 Å². The number of hydrogen-bond acceptors (Lipinski definition) is 4. The van der Waals surface area contributed by atoms with Gasteiger partial charge in [-0.05, 0) is 43.2 Å². The maximum Gasteiger partial charge on any atom is 0.161 e. The third-order valence-electron chi connectivity index (χ3n) is 2.89. The number of furan rings is 1. The van der Waals surface area contributed by atoms with Gasteiger partial charge in [0.1, 0.15) is 5.76 Å². The van der Waals surface area contributed by atoms with E-state index < -0.39 is 0 Å². The van der Waals surface area contributed by atoms with Crippen LogP contribution in [0.4, 0.5) is 0 Å². The van der Waals surface area contributed by atoms with Crippen LogP contribution >= 0.6 is 0 Å². The fraction of sp³-hybridized carbons (Fsp3) is 0.333. The van der Waals surface area contributed by atoms with Crippen LogP contribution in [0.1, 0.15) is 24.3 Å². The number of benzene rings is 1. The molecule has 0 bridgehead atoms. The number of methoxy groups -OCH3 is 1. The van der Waals surface area contributed by atoms with Crippen molar-refractivity contribution in [2.24, 2.45) is 5.73 Å². The maximum absolute atomic E-state index is 6.09. The molecule has 0 saturated heterocycles. The van der Waals surface area contributed by atoms with E-state index in [0.717, 1.165) is 22.8 Å². The molecule has 0 aliphatic heterocycles. The van der Waals surface area contributed by atoms with Crippen molar-refractivity contribution in [1.29, 1.82) is 0 Å². The molecule has 1 aromatic carbocycles. The average molecular weight is 261 g/mol. The molecule has 0 aliphatic carbocycles. The zero-order chi connectivity index (χ0) is 13.7. The number of nitrogens with two attached hydrogens (primary N) is 1. The van der Waals surface area contributed by atoms with Gasteiger partial charge in [-0.15, -0.1) is 0 Å². The van der Waals surface area contributed by atoms with E-state index in [9.17, 15) is 0 Å². The van der Waals surface area contributed by atoms with Crippen molar-refractivity contribution in [2.45, 2.75) is 19.4 Å². The van der Waals surface area contributed by atoms with Gasteiger partial charge in [-0.2, -0.15) is 0 Å². The van der Waals surface area contributed by atoms with Gasteiger partial charge in [0.15, 0.2) is 11.5 Å². The van der Waals surface area contributed by atoms with Crippen molar-refractivity contribution in [3.05, 3.63) is 47.9 Å². The molecule has 4 heteroatoms. The summed E-state index contributed by atoms with van der Waals surface area (Å²) in [6.07, 6.45) is 2.32. The zero-order valence-corrected chi connectivity index (χ0v) is 11.3. The molecular weight excluding hydrogens is 242 g/mol. The van der Waals surface area contributed by atoms with Gasteiger partial charge in [0.25, 0.3) is 0 Å². The van der Waals surface area contributed by atoms with Gasteiger partial charge >= 0.3 is 0 Å². The monoisotopic (exact) mass is 261 g/mol. The highest BCUT2D eigenvalue weighted by Crippen LogP contribution is 2.29. The maximum atomic E-state index is 6.09. The first-order valence-electron chi connectivity index (χ1n) is 6.33. The van der Waals surface area contributed by atoms with Gasteiger partial charge < -0.3 is 19.6 Å². The quantitative estimate of drug-likeness (QED) is 0.868. The lowest BCUT2D eigenvalue weighted by atomic mass is 10.0. The highest BCUT2D eigenvalue weighted by Gasteiger charge is 2.12. The molecule has 2 aromatic rings. The van der Waals surface area contributed by atoms with Crippen LogP contribution < -0.4 is 15.2 Å². The van der Waals surface area contributed by atoms with Crippen molar-refractivity contribution >= 4 is 0 Å². The zero-order valence-electron chi connectivity index (χ0n) is 11.3. The molecule has 4 nitrogen and oxygen atoms in total. The van der Waals surface area contributed by atoms with E-state index in [-0.39, 0.29) is 6.04 Å². The summed E-state index contributed by atoms with van der Waals surface area (Å²) in [4.78, 5) is 0. The van der Waals surface area contributed by atoms with Gasteiger partial charge in [0.2, 0.25) is 0 Å². The molecule has 0 radical (unpaired) electrons. The highest BCUT2D eigenvalue weighted by molar-refractivity contribution is 5.43. The summed E-state index contributed by atoms with van der Waals surface area (Å²) in [5, 5.41) is 0. The Morgan fingerprint density at radius 3 is 2.74 bits per heavy atom. The van der Waals surface area contributed by atoms with Crippen molar-refractivity contribution < 1.29 is 13.9 Å². The molecule has 102 valence electrons. The van der Waals surface area contributed by atoms with E-state index in [1.807, 2.05) is 37.3 Å². The Morgan fingerprint density at radius 2 is 2.11 bits per heavy atom. The fourth-order valence-electron chi connectivity index (χ4n) is 1.97. The van der Waals surface area contributed by atoms with E-state index in [1.54, 1.807) is 13.4 Å². The summed E-state index contributed by atoms with van der Waals surface area (Å²) in [5.74, 6) is 2.26. The van der Waals surface area contributed by atoms with Gasteiger partial charge in [-0.3, -0.25) is 0 Å². The smallest absolute Gasteiger partial charge is 0.161 e. The Bertz CT molecular complexity index is 508. The minimum absolute atomic E-state index is 0.155. The fourth-order valence-corrected chi connectivity index (χ4v) is 1.97. The summed E-state index contributed by atoms with van der Waals surface area (Å²) < 4.78 is 16.1. The molecule has 0 amide bonds. The molecule has 19 heavy (non-hydrogen) atoms. The van der Waals surface area contributed by atoms with E-state index in [0.29, 0.717) is 13.0 Å². The number of ether oxygens (including phenoxy) is 2. The third kappa shape index (κ3) is 3.29. The van der Waals surface area contributed by atoms with Crippen LogP contribution in [0.2, 0.25) is 0 Å². The van der Waals surface area contributed by atoms with Crippen LogP contribution in [0, 0.1) is 0 Å². The Kier molecular flexibility index (Phi) is 4.47. The Hall–Kier alpha value is -1.94. The normalized spacial score (nSPS) is 12.2. The predicted molar refractivity (Wildman–Crippen MR) is 73.5 cm³/mol. The summed E-state index contributed by atoms with van der Waals surface area (Å²) in [7, 11) is 1.63. The summed E-state index contributed by atoms with van der Waals surface area (Å²) in [5.41, 5.74) is 7.18. The average Bonchev–Trinajstić information content (AvgIpc) is 2.94. The standard InChI is InChI=1S/C15H19NO3/c1-3-18-14-7-6-11(10-15(14)17-2)9-12(16)13-5-4-8-19-13/h4-8,10,12H,3,9,16H2,1-2H3. The van der Waals surface area contributed by atoms with Crippen LogP contribution in [0.25, 0.3) is 0 Å². The van der Waals surface area contributed by atoms with Gasteiger partial charge in [0, 0.05) is 0 Å². The second kappa shape index (κ2) is 6.29. The topological polar surface area (TPSA) is 57.6 Å². The first-order chi connectivity index (χ1) is 9.24. The second-order valence-electron chi connectivity index (χ2n) is 4.24. The van der Waals surface area contributed by atoms with Crippen molar-refractivity contribution in [1.82, 2.24) is 0 Å². The summed E-state index contributed by atoms with van der Waals surface area (Å²) >= 11 is 0. The molecule has 2 rings (SSSR count). The van der Waals surface area contributed by atoms with E-state index in [2.05, 4.69) is 0 Å². The SMILES string of the molecule is CCOc1ccc(CC(N)c2ccco2)cc1OC. The van der Waals surface area contributed by atoms with Crippen LogP contribution in [0.3, 0.4) is 0 Å². The van der Waals surface area contributed by atoms with E-state index >= 15 is 0 Å². The first-order valence-corrected chi connectivity index (χ1v) is 6.33. The van der Waals surface area contributed by atoms with E-state index in [1.165, 1.54) is 0 Å². The third-order valence-corrected chi connectivity index (χ3v) is 2.89. The highest BCUT2D eigenvalue weighted by atomic mass is 16.5. The molecule has 1 atom stereocenters. The molecule has 1 heterocycles. The molecule has 0 fully saturated rings. The minimum Gasteiger partial charge on any atom is -0.493 e. The molecule has 0 spiro atoms. The van der Waals surface area contributed by atoms with Crippen LogP contribution in [-0.4, -0.2) is 13.7 Å². The number of rotatable bonds is 6. The van der Waals surface area contributed by atoms with Gasteiger partial charge in [0.05, 0.1) is 26.0 Å². The molecule has 0 saturated carbocycles. The molecule has 2 N–H and O–H groups in total. The molecule has 1 unspecified atom stereocenters. The first kappa shape index (κ1) is 13.5. The predicted octanol–water partition coefficient (Wildman–Crippen LogP) is 2.93. The lowest BCUT2D eigenvalue weighted by Gasteiger charge is -2.13. The minimum atomic E-state index is -0.155. The van der Waals surface area contributed by atoms with Crippen LogP contribution in [0.5, 0.6) is 11.5 Å². The molecule has 1 aromatic heterocycles. The Balaban J connectivity index is 2.12. The van der Waals surface area contributed by atoms with Crippen molar-refractivity contribution in [3.8, 4) is 11.5 Å². The van der Waals surface area contributed by atoms with Crippen LogP contribution in [-0.2, 0) is 6.42 Å². The lowest BCUT2D eigenvalue weighted by molar-refractivity contribution is 0.310. The van der Waals surface area contributed by atoms with Crippen molar-refractivity contribution in [3.63, 3.8) is 0 Å². The lowest BCUT2D eigenvalue weighted by Crippen LogP contribution is -2.12. The molecule has 0 aliphatic rings. The Labute approximate surface area is 113 Å². The largest absolute Gasteiger partial charge is 0.493 e. The summed E-state index contributed by atoms with van der Waals surface area (Å²) in [6.45, 7) is 2.56. The van der Waals surface area contributed by atoms with Crippen LogP contribution in [0.15, 0.2) is 41.0 Å². The van der Waals surface area contributed by atoms with Gasteiger partial charge in [-0.1, -0.05) is 6.07 Å².